The van der Waals surface area contributed by atoms with Gasteiger partial charge in [0.15, 0.2) is 0 Å². The standard InChI is InChI=1S/C23H22ClNO3S/c1-15-5-6-17(3)22(13-15)25(23(26)19-8-7-16(2)18(4)14-19)29(27,28)21-11-9-20(24)10-12-21/h5-14H,1-4H3. The Kier molecular flexibility index (Phi) is 5.82. The fourth-order valence-electron chi connectivity index (χ4n) is 2.99. The predicted octanol–water partition coefficient (Wildman–Crippen LogP) is 5.61. The summed E-state index contributed by atoms with van der Waals surface area (Å²) in [6, 6.07) is 16.4. The van der Waals surface area contributed by atoms with Gasteiger partial charge in [0, 0.05) is 10.6 Å². The number of halogens is 1. The van der Waals surface area contributed by atoms with E-state index in [-0.39, 0.29) is 4.90 Å². The third-order valence-electron chi connectivity index (χ3n) is 4.87. The van der Waals surface area contributed by atoms with Crippen LogP contribution in [0, 0.1) is 27.7 Å². The van der Waals surface area contributed by atoms with Gasteiger partial charge in [-0.2, -0.15) is 4.31 Å². The zero-order valence-corrected chi connectivity index (χ0v) is 18.3. The van der Waals surface area contributed by atoms with E-state index in [2.05, 4.69) is 0 Å². The lowest BCUT2D eigenvalue weighted by atomic mass is 10.1. The zero-order chi connectivity index (χ0) is 21.3. The number of carbonyl (C=O) groups excluding carboxylic acids is 1. The first kappa shape index (κ1) is 21.1. The van der Waals surface area contributed by atoms with E-state index in [0.717, 1.165) is 21.0 Å². The number of carbonyl (C=O) groups is 1. The van der Waals surface area contributed by atoms with Gasteiger partial charge < -0.3 is 0 Å². The van der Waals surface area contributed by atoms with E-state index in [4.69, 9.17) is 11.6 Å². The van der Waals surface area contributed by atoms with E-state index >= 15 is 0 Å². The molecule has 0 unspecified atom stereocenters. The molecule has 1 amide bonds. The van der Waals surface area contributed by atoms with Crippen molar-refractivity contribution in [3.63, 3.8) is 0 Å². The first-order chi connectivity index (χ1) is 13.6. The molecule has 150 valence electrons. The summed E-state index contributed by atoms with van der Waals surface area (Å²) >= 11 is 5.92. The molecule has 0 saturated carbocycles. The molecule has 0 heterocycles. The van der Waals surface area contributed by atoms with E-state index in [9.17, 15) is 13.2 Å². The highest BCUT2D eigenvalue weighted by Gasteiger charge is 2.33. The SMILES string of the molecule is Cc1ccc(C)c(N(C(=O)c2ccc(C)c(C)c2)S(=O)(=O)c2ccc(Cl)cc2)c1. The number of anilines is 1. The molecule has 4 nitrogen and oxygen atoms in total. The Morgan fingerprint density at radius 2 is 1.41 bits per heavy atom. The Balaban J connectivity index is 2.24. The Labute approximate surface area is 176 Å². The van der Waals surface area contributed by atoms with E-state index in [1.807, 2.05) is 39.0 Å². The molecule has 0 aliphatic heterocycles. The van der Waals surface area contributed by atoms with Gasteiger partial charge in [-0.1, -0.05) is 29.8 Å². The average Bonchev–Trinajstić information content (AvgIpc) is 2.67. The van der Waals surface area contributed by atoms with Crippen molar-refractivity contribution in [1.82, 2.24) is 0 Å². The van der Waals surface area contributed by atoms with Crippen LogP contribution in [0.2, 0.25) is 5.02 Å². The molecule has 0 bridgehead atoms. The quantitative estimate of drug-likeness (QED) is 0.543. The van der Waals surface area contributed by atoms with Crippen molar-refractivity contribution in [3.05, 3.63) is 93.5 Å². The molecule has 0 aromatic heterocycles. The summed E-state index contributed by atoms with van der Waals surface area (Å²) in [6.45, 7) is 7.47. The zero-order valence-electron chi connectivity index (χ0n) is 16.7. The summed E-state index contributed by atoms with van der Waals surface area (Å²) in [5.74, 6) is -0.600. The number of benzene rings is 3. The predicted molar refractivity (Wildman–Crippen MR) is 117 cm³/mol. The van der Waals surface area contributed by atoms with Crippen LogP contribution in [0.3, 0.4) is 0 Å². The molecule has 0 radical (unpaired) electrons. The molecule has 0 atom stereocenters. The van der Waals surface area contributed by atoms with Gasteiger partial charge in [0.2, 0.25) is 0 Å². The summed E-state index contributed by atoms with van der Waals surface area (Å²) in [7, 11) is -4.16. The van der Waals surface area contributed by atoms with Gasteiger partial charge in [-0.25, -0.2) is 8.42 Å². The minimum absolute atomic E-state index is 0.00000950. The Morgan fingerprint density at radius 3 is 2.03 bits per heavy atom. The third kappa shape index (κ3) is 4.21. The van der Waals surface area contributed by atoms with Crippen molar-refractivity contribution in [2.45, 2.75) is 32.6 Å². The number of hydrogen-bond donors (Lipinski definition) is 0. The van der Waals surface area contributed by atoms with Crippen LogP contribution in [0.25, 0.3) is 0 Å². The van der Waals surface area contributed by atoms with E-state index in [1.54, 1.807) is 25.1 Å². The second-order valence-corrected chi connectivity index (χ2v) is 9.34. The van der Waals surface area contributed by atoms with Crippen LogP contribution in [0.15, 0.2) is 65.6 Å². The number of hydrogen-bond acceptors (Lipinski definition) is 3. The van der Waals surface area contributed by atoms with E-state index in [0.29, 0.717) is 21.8 Å². The van der Waals surface area contributed by atoms with Crippen LogP contribution in [0.1, 0.15) is 32.6 Å². The van der Waals surface area contributed by atoms with Crippen LogP contribution < -0.4 is 4.31 Å². The van der Waals surface area contributed by atoms with Crippen molar-refractivity contribution in [1.29, 1.82) is 0 Å². The molecule has 6 heteroatoms. The molecule has 29 heavy (non-hydrogen) atoms. The summed E-state index contributed by atoms with van der Waals surface area (Å²) in [5.41, 5.74) is 4.14. The highest BCUT2D eigenvalue weighted by atomic mass is 35.5. The first-order valence-electron chi connectivity index (χ1n) is 9.11. The van der Waals surface area contributed by atoms with Crippen molar-refractivity contribution in [2.75, 3.05) is 4.31 Å². The average molecular weight is 428 g/mol. The largest absolute Gasteiger partial charge is 0.272 e. The van der Waals surface area contributed by atoms with Crippen LogP contribution in [-0.2, 0) is 10.0 Å². The summed E-state index contributed by atoms with van der Waals surface area (Å²) in [6.07, 6.45) is 0. The molecule has 3 aromatic rings. The molecule has 0 aliphatic carbocycles. The second-order valence-electron chi connectivity index (χ2n) is 7.12. The summed E-state index contributed by atoms with van der Waals surface area (Å²) in [5, 5.41) is 0.419. The Hall–Kier alpha value is -2.63. The van der Waals surface area contributed by atoms with Crippen LogP contribution >= 0.6 is 11.6 Å². The van der Waals surface area contributed by atoms with Crippen molar-refractivity contribution < 1.29 is 13.2 Å². The molecule has 0 aliphatic rings. The fraction of sp³-hybridized carbons (Fsp3) is 0.174. The highest BCUT2D eigenvalue weighted by Crippen LogP contribution is 2.30. The highest BCUT2D eigenvalue weighted by molar-refractivity contribution is 7.93. The number of aryl methyl sites for hydroxylation is 4. The Morgan fingerprint density at radius 1 is 0.793 bits per heavy atom. The van der Waals surface area contributed by atoms with Gasteiger partial charge in [0.05, 0.1) is 10.6 Å². The van der Waals surface area contributed by atoms with E-state index < -0.39 is 15.9 Å². The fourth-order valence-corrected chi connectivity index (χ4v) is 4.59. The lowest BCUT2D eigenvalue weighted by Gasteiger charge is -2.25. The number of amides is 1. The maximum atomic E-state index is 13.5. The van der Waals surface area contributed by atoms with Gasteiger partial charge in [0.25, 0.3) is 15.9 Å². The van der Waals surface area contributed by atoms with E-state index in [1.165, 1.54) is 24.3 Å². The number of nitrogens with zero attached hydrogens (tertiary/aromatic N) is 1. The van der Waals surface area contributed by atoms with Gasteiger partial charge in [-0.3, -0.25) is 4.79 Å². The minimum atomic E-state index is -4.16. The normalized spacial score (nSPS) is 11.3. The monoisotopic (exact) mass is 427 g/mol. The summed E-state index contributed by atoms with van der Waals surface area (Å²) < 4.78 is 28.0. The molecule has 0 N–H and O–H groups in total. The van der Waals surface area contributed by atoms with Crippen molar-refractivity contribution in [2.24, 2.45) is 0 Å². The second kappa shape index (κ2) is 8.01. The van der Waals surface area contributed by atoms with Gasteiger partial charge in [0.1, 0.15) is 0 Å². The molecule has 0 saturated heterocycles. The molecule has 3 aromatic carbocycles. The minimum Gasteiger partial charge on any atom is -0.268 e. The topological polar surface area (TPSA) is 54.5 Å². The van der Waals surface area contributed by atoms with Crippen molar-refractivity contribution >= 4 is 33.2 Å². The molecular formula is C23H22ClNO3S. The van der Waals surface area contributed by atoms with Gasteiger partial charge in [-0.15, -0.1) is 0 Å². The molecule has 0 fully saturated rings. The lowest BCUT2D eigenvalue weighted by molar-refractivity contribution is 0.100. The Bertz CT molecular complexity index is 1190. The summed E-state index contributed by atoms with van der Waals surface area (Å²) in [4.78, 5) is 13.5. The van der Waals surface area contributed by atoms with Gasteiger partial charge in [-0.05, 0) is 92.4 Å². The number of rotatable bonds is 4. The first-order valence-corrected chi connectivity index (χ1v) is 10.9. The lowest BCUT2D eigenvalue weighted by Crippen LogP contribution is -2.37. The van der Waals surface area contributed by atoms with Crippen LogP contribution in [-0.4, -0.2) is 14.3 Å². The third-order valence-corrected chi connectivity index (χ3v) is 6.84. The smallest absolute Gasteiger partial charge is 0.268 e. The van der Waals surface area contributed by atoms with Crippen LogP contribution in [0.4, 0.5) is 5.69 Å². The van der Waals surface area contributed by atoms with Crippen molar-refractivity contribution in [3.8, 4) is 0 Å². The maximum Gasteiger partial charge on any atom is 0.272 e. The molecule has 0 spiro atoms. The molecular weight excluding hydrogens is 406 g/mol. The maximum absolute atomic E-state index is 13.5. The number of sulfonamides is 1. The van der Waals surface area contributed by atoms with Crippen LogP contribution in [0.5, 0.6) is 0 Å². The molecule has 3 rings (SSSR count). The van der Waals surface area contributed by atoms with Gasteiger partial charge >= 0.3 is 0 Å².